The van der Waals surface area contributed by atoms with Gasteiger partial charge in [-0.3, -0.25) is 5.32 Å². The molecule has 3 aliphatic rings. The molecule has 3 rings (SSSR count). The highest BCUT2D eigenvalue weighted by atomic mass is 16.3. The normalized spacial score (nSPS) is 32.3. The molecule has 3 atom stereocenters. The fraction of sp³-hybridized carbons (Fsp3) is 0.615. The average molecular weight is 295 g/mol. The molecule has 0 aliphatic carbocycles. The first-order valence-electron chi connectivity index (χ1n) is 7.13. The van der Waals surface area contributed by atoms with Crippen LogP contribution in [-0.2, 0) is 0 Å². The molecule has 2 amide bonds. The monoisotopic (exact) mass is 295 g/mol. The third-order valence-corrected chi connectivity index (χ3v) is 4.45. The van der Waals surface area contributed by atoms with Crippen LogP contribution in [0.3, 0.4) is 0 Å². The fourth-order valence-electron chi connectivity index (χ4n) is 3.18. The van der Waals surface area contributed by atoms with Gasteiger partial charge in [-0.25, -0.2) is 4.79 Å². The second-order valence-electron chi connectivity index (χ2n) is 5.78. The Balaban J connectivity index is 1.95. The van der Waals surface area contributed by atoms with E-state index in [1.54, 1.807) is 0 Å². The van der Waals surface area contributed by atoms with Crippen LogP contribution in [0.2, 0.25) is 0 Å². The molecule has 0 aromatic heterocycles. The number of aliphatic hydroxyl groups excluding tert-OH is 2. The molecule has 21 heavy (non-hydrogen) atoms. The lowest BCUT2D eigenvalue weighted by molar-refractivity contribution is 0.169. The molecule has 0 aromatic carbocycles. The molecule has 3 heterocycles. The quantitative estimate of drug-likeness (QED) is 0.416. The number of aliphatic hydroxyl groups is 2. The summed E-state index contributed by atoms with van der Waals surface area (Å²) in [6.07, 6.45) is 0.446. The maximum Gasteiger partial charge on any atom is 0.322 e. The lowest BCUT2D eigenvalue weighted by Crippen LogP contribution is -2.58. The van der Waals surface area contributed by atoms with Gasteiger partial charge >= 0.3 is 6.03 Å². The second kappa shape index (κ2) is 5.03. The number of nitrogens with zero attached hydrogens (tertiary/aromatic N) is 1. The van der Waals surface area contributed by atoms with Gasteiger partial charge in [0.2, 0.25) is 5.88 Å². The van der Waals surface area contributed by atoms with Crippen LogP contribution in [-0.4, -0.2) is 53.5 Å². The lowest BCUT2D eigenvalue weighted by atomic mass is 9.93. The summed E-state index contributed by atoms with van der Waals surface area (Å²) in [5.74, 6) is 0.438. The predicted octanol–water partition coefficient (Wildman–Crippen LogP) is -0.345. The minimum absolute atomic E-state index is 0.204. The molecule has 3 aliphatic heterocycles. The summed E-state index contributed by atoms with van der Waals surface area (Å²) < 4.78 is 0. The number of carbonyl (C=O) groups is 1. The van der Waals surface area contributed by atoms with Crippen molar-refractivity contribution in [2.24, 2.45) is 5.92 Å². The van der Waals surface area contributed by atoms with Crippen molar-refractivity contribution in [2.75, 3.05) is 20.1 Å². The van der Waals surface area contributed by atoms with E-state index in [-0.39, 0.29) is 23.7 Å². The van der Waals surface area contributed by atoms with Crippen LogP contribution in [0, 0.1) is 5.92 Å². The SMILES string of the molecule is CC1CCNCC1N(C)C1=C2C(O)=C(O)NC2NC(=O)N1. The highest BCUT2D eigenvalue weighted by Gasteiger charge is 2.40. The van der Waals surface area contributed by atoms with E-state index in [2.05, 4.69) is 28.2 Å². The zero-order chi connectivity index (χ0) is 15.1. The van der Waals surface area contributed by atoms with Gasteiger partial charge in [0.25, 0.3) is 0 Å². The molecule has 1 saturated heterocycles. The van der Waals surface area contributed by atoms with Crippen LogP contribution in [0.25, 0.3) is 0 Å². The summed E-state index contributed by atoms with van der Waals surface area (Å²) in [5, 5.41) is 31.0. The number of fused-ring (bicyclic) bond motifs is 1. The van der Waals surface area contributed by atoms with E-state index >= 15 is 0 Å². The first-order valence-corrected chi connectivity index (χ1v) is 7.13. The second-order valence-corrected chi connectivity index (χ2v) is 5.78. The topological polar surface area (TPSA) is 109 Å². The van der Waals surface area contributed by atoms with Gasteiger partial charge in [-0.05, 0) is 18.9 Å². The number of hydrogen-bond acceptors (Lipinski definition) is 6. The van der Waals surface area contributed by atoms with E-state index in [4.69, 9.17) is 0 Å². The van der Waals surface area contributed by atoms with Gasteiger partial charge in [0.1, 0.15) is 12.0 Å². The minimum atomic E-state index is -0.608. The van der Waals surface area contributed by atoms with Crippen molar-refractivity contribution in [1.29, 1.82) is 0 Å². The number of nitrogens with one attached hydrogen (secondary N) is 4. The van der Waals surface area contributed by atoms with Crippen molar-refractivity contribution < 1.29 is 15.0 Å². The third kappa shape index (κ3) is 2.25. The largest absolute Gasteiger partial charge is 0.503 e. The number of likely N-dealkylation sites (N-methyl/N-ethyl adjacent to an activating group) is 1. The van der Waals surface area contributed by atoms with Crippen LogP contribution in [0.1, 0.15) is 13.3 Å². The summed E-state index contributed by atoms with van der Waals surface area (Å²) in [5.41, 5.74) is 0.465. The van der Waals surface area contributed by atoms with Gasteiger partial charge in [0.15, 0.2) is 5.76 Å². The van der Waals surface area contributed by atoms with Gasteiger partial charge in [-0.2, -0.15) is 0 Å². The smallest absolute Gasteiger partial charge is 0.322 e. The first kappa shape index (κ1) is 13.9. The average Bonchev–Trinajstić information content (AvgIpc) is 2.73. The van der Waals surface area contributed by atoms with Crippen molar-refractivity contribution in [3.8, 4) is 0 Å². The maximum atomic E-state index is 11.8. The summed E-state index contributed by atoms with van der Waals surface area (Å²) in [6.45, 7) is 3.97. The molecular formula is C13H21N5O3. The molecule has 0 spiro atoms. The van der Waals surface area contributed by atoms with Crippen LogP contribution >= 0.6 is 0 Å². The molecule has 8 nitrogen and oxygen atoms in total. The molecule has 3 unspecified atom stereocenters. The highest BCUT2D eigenvalue weighted by molar-refractivity contribution is 5.79. The zero-order valence-corrected chi connectivity index (χ0v) is 12.1. The van der Waals surface area contributed by atoms with E-state index in [0.717, 1.165) is 19.5 Å². The van der Waals surface area contributed by atoms with Gasteiger partial charge in [-0.1, -0.05) is 6.92 Å². The third-order valence-electron chi connectivity index (χ3n) is 4.45. The summed E-state index contributed by atoms with van der Waals surface area (Å²) in [6, 6.07) is -0.159. The number of hydrogen-bond donors (Lipinski definition) is 6. The molecule has 0 radical (unpaired) electrons. The van der Waals surface area contributed by atoms with E-state index in [1.165, 1.54) is 0 Å². The minimum Gasteiger partial charge on any atom is -0.503 e. The molecule has 6 N–H and O–H groups in total. The lowest BCUT2D eigenvalue weighted by Gasteiger charge is -2.41. The number of urea groups is 1. The Bertz CT molecular complexity index is 530. The number of carbonyl (C=O) groups excluding carboxylic acids is 1. The molecule has 0 saturated carbocycles. The van der Waals surface area contributed by atoms with Crippen molar-refractivity contribution >= 4 is 6.03 Å². The number of rotatable bonds is 2. The first-order chi connectivity index (χ1) is 9.99. The van der Waals surface area contributed by atoms with Gasteiger partial charge in [-0.15, -0.1) is 0 Å². The van der Waals surface area contributed by atoms with Crippen LogP contribution in [0.15, 0.2) is 23.0 Å². The van der Waals surface area contributed by atoms with Crippen LogP contribution < -0.4 is 21.3 Å². The van der Waals surface area contributed by atoms with E-state index in [1.807, 2.05) is 11.9 Å². The van der Waals surface area contributed by atoms with Crippen molar-refractivity contribution in [3.63, 3.8) is 0 Å². The Hall–Kier alpha value is -2.09. The Morgan fingerprint density at radius 3 is 2.76 bits per heavy atom. The predicted molar refractivity (Wildman–Crippen MR) is 76.1 cm³/mol. The van der Waals surface area contributed by atoms with Crippen molar-refractivity contribution in [2.45, 2.75) is 25.6 Å². The molecular weight excluding hydrogens is 274 g/mol. The van der Waals surface area contributed by atoms with Gasteiger partial charge in [0, 0.05) is 19.6 Å². The number of piperidine rings is 1. The van der Waals surface area contributed by atoms with E-state index in [9.17, 15) is 15.0 Å². The number of amides is 2. The Morgan fingerprint density at radius 2 is 2.05 bits per heavy atom. The van der Waals surface area contributed by atoms with E-state index < -0.39 is 6.17 Å². The maximum absolute atomic E-state index is 11.8. The Kier molecular flexibility index (Phi) is 3.32. The molecule has 116 valence electrons. The summed E-state index contributed by atoms with van der Waals surface area (Å²) >= 11 is 0. The van der Waals surface area contributed by atoms with Gasteiger partial charge < -0.3 is 31.1 Å². The fourth-order valence-corrected chi connectivity index (χ4v) is 3.18. The summed E-state index contributed by atoms with van der Waals surface area (Å²) in [7, 11) is 1.89. The van der Waals surface area contributed by atoms with E-state index in [0.29, 0.717) is 17.3 Å². The Morgan fingerprint density at radius 1 is 1.29 bits per heavy atom. The van der Waals surface area contributed by atoms with Crippen LogP contribution in [0.5, 0.6) is 0 Å². The van der Waals surface area contributed by atoms with Crippen molar-refractivity contribution in [3.05, 3.63) is 23.0 Å². The van der Waals surface area contributed by atoms with Crippen molar-refractivity contribution in [1.82, 2.24) is 26.2 Å². The standard InChI is InChI=1S/C13H21N5O3/c1-6-3-4-14-5-7(6)18(2)11-8-9(19)12(20)15-10(8)16-13(21)17-11/h6-7,10,14-15,19-20H,3-5H2,1-2H3,(H2,16,17,21). The van der Waals surface area contributed by atoms with Crippen LogP contribution in [0.4, 0.5) is 4.79 Å². The molecule has 0 bridgehead atoms. The Labute approximate surface area is 122 Å². The highest BCUT2D eigenvalue weighted by Crippen LogP contribution is 2.29. The molecule has 1 fully saturated rings. The molecule has 0 aromatic rings. The van der Waals surface area contributed by atoms with Gasteiger partial charge in [0.05, 0.1) is 5.57 Å². The zero-order valence-electron chi connectivity index (χ0n) is 12.1. The summed E-state index contributed by atoms with van der Waals surface area (Å²) in [4.78, 5) is 13.7. The molecule has 8 heteroatoms.